The molecule has 3 N–H and O–H groups in total. The average molecular weight is 227 g/mol. The Morgan fingerprint density at radius 2 is 2.06 bits per heavy atom. The quantitative estimate of drug-likeness (QED) is 0.834. The summed E-state index contributed by atoms with van der Waals surface area (Å²) in [6.45, 7) is 5.02. The first-order valence-corrected chi connectivity index (χ1v) is 5.17. The van der Waals surface area contributed by atoms with Crippen LogP contribution in [-0.4, -0.2) is 17.4 Å². The summed E-state index contributed by atoms with van der Waals surface area (Å²) in [5.41, 5.74) is 5.56. The van der Waals surface area contributed by atoms with Crippen LogP contribution in [0.4, 0.5) is 4.39 Å². The lowest BCUT2D eigenvalue weighted by Crippen LogP contribution is -2.23. The van der Waals surface area contributed by atoms with Gasteiger partial charge in [0.25, 0.3) is 0 Å². The molecule has 0 bridgehead atoms. The highest BCUT2D eigenvalue weighted by molar-refractivity contribution is 5.41. The van der Waals surface area contributed by atoms with Crippen molar-refractivity contribution in [1.82, 2.24) is 0 Å². The molecule has 0 aliphatic heterocycles. The highest BCUT2D eigenvalue weighted by atomic mass is 19.1. The van der Waals surface area contributed by atoms with Crippen molar-refractivity contribution in [1.29, 1.82) is 0 Å². The second-order valence-electron chi connectivity index (χ2n) is 4.70. The van der Waals surface area contributed by atoms with E-state index < -0.39 is 12.7 Å². The molecular weight excluding hydrogens is 209 g/mol. The number of rotatable bonds is 3. The number of ether oxygens (including phenoxy) is 1. The molecule has 0 unspecified atom stereocenters. The van der Waals surface area contributed by atoms with Crippen molar-refractivity contribution in [2.45, 2.75) is 32.4 Å². The van der Waals surface area contributed by atoms with Gasteiger partial charge in [-0.2, -0.15) is 0 Å². The average Bonchev–Trinajstić information content (AvgIpc) is 2.18. The zero-order valence-electron chi connectivity index (χ0n) is 9.83. The van der Waals surface area contributed by atoms with Crippen LogP contribution in [-0.2, 0) is 0 Å². The van der Waals surface area contributed by atoms with Gasteiger partial charge in [0, 0.05) is 5.56 Å². The zero-order valence-corrected chi connectivity index (χ0v) is 9.83. The molecule has 0 aromatic heterocycles. The van der Waals surface area contributed by atoms with Crippen LogP contribution in [0.1, 0.15) is 32.4 Å². The van der Waals surface area contributed by atoms with Gasteiger partial charge in [-0.1, -0.05) is 0 Å². The van der Waals surface area contributed by atoms with E-state index >= 15 is 0 Å². The molecule has 0 saturated heterocycles. The fourth-order valence-corrected chi connectivity index (χ4v) is 1.33. The van der Waals surface area contributed by atoms with E-state index in [9.17, 15) is 9.50 Å². The summed E-state index contributed by atoms with van der Waals surface area (Å²) >= 11 is 0. The maximum atomic E-state index is 12.4. The fraction of sp³-hybridized carbons (Fsp3) is 0.500. The third-order valence-electron chi connectivity index (χ3n) is 1.99. The van der Waals surface area contributed by atoms with Crippen molar-refractivity contribution in [3.8, 4) is 11.5 Å². The molecule has 0 amide bonds. The predicted octanol–water partition coefficient (Wildman–Crippen LogP) is 2.54. The molecule has 1 atom stereocenters. The van der Waals surface area contributed by atoms with Gasteiger partial charge in [-0.3, -0.25) is 0 Å². The Hall–Kier alpha value is -1.29. The molecule has 0 radical (unpaired) electrons. The van der Waals surface area contributed by atoms with Gasteiger partial charge in [-0.05, 0) is 39.0 Å². The van der Waals surface area contributed by atoms with E-state index in [4.69, 9.17) is 10.5 Å². The summed E-state index contributed by atoms with van der Waals surface area (Å²) in [4.78, 5) is 0. The molecular formula is C12H18FNO2. The van der Waals surface area contributed by atoms with Crippen LogP contribution >= 0.6 is 0 Å². The number of alkyl halides is 1. The normalized spacial score (nSPS) is 13.6. The third kappa shape index (κ3) is 3.38. The molecule has 1 rings (SSSR count). The number of hydrogen-bond donors (Lipinski definition) is 2. The van der Waals surface area contributed by atoms with Crippen LogP contribution in [0.2, 0.25) is 0 Å². The van der Waals surface area contributed by atoms with Gasteiger partial charge < -0.3 is 15.6 Å². The minimum Gasteiger partial charge on any atom is -0.508 e. The predicted molar refractivity (Wildman–Crippen MR) is 61.4 cm³/mol. The summed E-state index contributed by atoms with van der Waals surface area (Å²) in [6.07, 6.45) is 0. The fourth-order valence-electron chi connectivity index (χ4n) is 1.33. The monoisotopic (exact) mass is 227 g/mol. The standard InChI is InChI=1S/C12H18FNO2/c1-12(2,3)16-8-4-5-11(15)9(6-8)10(14)7-13/h4-6,10,15H,7,14H2,1-3H3/t10-/m0/s1. The molecule has 16 heavy (non-hydrogen) atoms. The van der Waals surface area contributed by atoms with Gasteiger partial charge in [-0.15, -0.1) is 0 Å². The Morgan fingerprint density at radius 3 is 2.56 bits per heavy atom. The minimum atomic E-state index is -0.816. The van der Waals surface area contributed by atoms with Crippen molar-refractivity contribution in [3.05, 3.63) is 23.8 Å². The number of halogens is 1. The first-order valence-electron chi connectivity index (χ1n) is 5.17. The summed E-state index contributed by atoms with van der Waals surface area (Å²) in [7, 11) is 0. The molecule has 0 saturated carbocycles. The van der Waals surface area contributed by atoms with Gasteiger partial charge >= 0.3 is 0 Å². The van der Waals surface area contributed by atoms with Gasteiger partial charge in [-0.25, -0.2) is 4.39 Å². The van der Waals surface area contributed by atoms with Gasteiger partial charge in [0.05, 0.1) is 6.04 Å². The van der Waals surface area contributed by atoms with E-state index in [1.54, 1.807) is 12.1 Å². The second-order valence-corrected chi connectivity index (χ2v) is 4.70. The van der Waals surface area contributed by atoms with E-state index in [1.807, 2.05) is 20.8 Å². The van der Waals surface area contributed by atoms with Crippen LogP contribution in [0.25, 0.3) is 0 Å². The van der Waals surface area contributed by atoms with Gasteiger partial charge in [0.15, 0.2) is 0 Å². The van der Waals surface area contributed by atoms with Crippen LogP contribution in [0.15, 0.2) is 18.2 Å². The SMILES string of the molecule is CC(C)(C)Oc1ccc(O)c([C@@H](N)CF)c1. The number of phenols is 1. The van der Waals surface area contributed by atoms with E-state index in [0.29, 0.717) is 11.3 Å². The van der Waals surface area contributed by atoms with Gasteiger partial charge in [0.2, 0.25) is 0 Å². The highest BCUT2D eigenvalue weighted by Crippen LogP contribution is 2.29. The topological polar surface area (TPSA) is 55.5 Å². The first-order chi connectivity index (χ1) is 7.33. The van der Waals surface area contributed by atoms with Crippen LogP contribution in [0, 0.1) is 0 Å². The number of aromatic hydroxyl groups is 1. The van der Waals surface area contributed by atoms with Crippen molar-refractivity contribution >= 4 is 0 Å². The van der Waals surface area contributed by atoms with Crippen LogP contribution in [0.3, 0.4) is 0 Å². The van der Waals surface area contributed by atoms with Gasteiger partial charge in [0.1, 0.15) is 23.8 Å². The molecule has 0 aliphatic carbocycles. The Balaban J connectivity index is 2.98. The number of benzene rings is 1. The highest BCUT2D eigenvalue weighted by Gasteiger charge is 2.15. The Labute approximate surface area is 95.0 Å². The summed E-state index contributed by atoms with van der Waals surface area (Å²) in [5.74, 6) is 0.565. The van der Waals surface area contributed by atoms with Crippen molar-refractivity contribution in [3.63, 3.8) is 0 Å². The molecule has 0 heterocycles. The molecule has 3 nitrogen and oxygen atoms in total. The van der Waals surface area contributed by atoms with E-state index in [2.05, 4.69) is 0 Å². The maximum Gasteiger partial charge on any atom is 0.120 e. The molecule has 4 heteroatoms. The summed E-state index contributed by atoms with van der Waals surface area (Å²) in [5, 5.41) is 9.53. The van der Waals surface area contributed by atoms with Crippen molar-refractivity contribution in [2.24, 2.45) is 5.73 Å². The maximum absolute atomic E-state index is 12.4. The lowest BCUT2D eigenvalue weighted by molar-refractivity contribution is 0.130. The molecule has 0 fully saturated rings. The van der Waals surface area contributed by atoms with Crippen LogP contribution < -0.4 is 10.5 Å². The largest absolute Gasteiger partial charge is 0.508 e. The third-order valence-corrected chi connectivity index (χ3v) is 1.99. The molecule has 0 aliphatic rings. The molecule has 90 valence electrons. The van der Waals surface area contributed by atoms with Crippen molar-refractivity contribution < 1.29 is 14.2 Å². The number of phenolic OH excluding ortho intramolecular Hbond substituents is 1. The Bertz CT molecular complexity index is 361. The zero-order chi connectivity index (χ0) is 12.3. The summed E-state index contributed by atoms with van der Waals surface area (Å²) in [6, 6.07) is 3.86. The molecule has 1 aromatic carbocycles. The Kier molecular flexibility index (Phi) is 3.75. The molecule has 1 aromatic rings. The number of nitrogens with two attached hydrogens (primary N) is 1. The smallest absolute Gasteiger partial charge is 0.120 e. The lowest BCUT2D eigenvalue weighted by atomic mass is 10.1. The van der Waals surface area contributed by atoms with E-state index in [1.165, 1.54) is 6.07 Å². The Morgan fingerprint density at radius 1 is 1.44 bits per heavy atom. The lowest BCUT2D eigenvalue weighted by Gasteiger charge is -2.22. The van der Waals surface area contributed by atoms with Crippen LogP contribution in [0.5, 0.6) is 11.5 Å². The van der Waals surface area contributed by atoms with E-state index in [0.717, 1.165) is 0 Å². The first kappa shape index (κ1) is 12.8. The van der Waals surface area contributed by atoms with Crippen molar-refractivity contribution in [2.75, 3.05) is 6.67 Å². The second kappa shape index (κ2) is 4.70. The number of hydrogen-bond acceptors (Lipinski definition) is 3. The molecule has 0 spiro atoms. The van der Waals surface area contributed by atoms with E-state index in [-0.39, 0.29) is 11.4 Å². The minimum absolute atomic E-state index is 0.00795. The summed E-state index contributed by atoms with van der Waals surface area (Å²) < 4.78 is 18.0.